The Hall–Kier alpha value is -2.37. The summed E-state index contributed by atoms with van der Waals surface area (Å²) in [4.78, 5) is 17.9. The van der Waals surface area contributed by atoms with Crippen LogP contribution in [0.3, 0.4) is 0 Å². The van der Waals surface area contributed by atoms with E-state index in [4.69, 9.17) is 4.52 Å². The molecule has 1 aliphatic rings. The van der Waals surface area contributed by atoms with Crippen molar-refractivity contribution in [2.24, 2.45) is 0 Å². The normalized spacial score (nSPS) is 15.0. The average Bonchev–Trinajstić information content (AvgIpc) is 2.77. The van der Waals surface area contributed by atoms with Crippen molar-refractivity contribution in [3.8, 4) is 0 Å². The fourth-order valence-electron chi connectivity index (χ4n) is 2.12. The molecule has 0 bridgehead atoms. The van der Waals surface area contributed by atoms with Crippen molar-refractivity contribution in [1.82, 2.24) is 15.0 Å². The molecule has 1 aliphatic heterocycles. The Bertz CT molecular complexity index is 614. The molecule has 0 aliphatic carbocycles. The van der Waals surface area contributed by atoms with Gasteiger partial charge in [-0.1, -0.05) is 22.9 Å². The van der Waals surface area contributed by atoms with Gasteiger partial charge in [-0.25, -0.2) is 4.79 Å². The van der Waals surface area contributed by atoms with Crippen molar-refractivity contribution in [3.05, 3.63) is 41.5 Å². The number of aromatic nitrogens is 2. The standard InChI is InChI=1S/C14H16N4O2/c1-9-3-5-12(6-4-9)16-14(19)18-7-11(8-18)13-15-10(2)17-20-13/h3-6,11H,7-8H2,1-2H3,(H,16,19). The van der Waals surface area contributed by atoms with Crippen molar-refractivity contribution in [3.63, 3.8) is 0 Å². The number of likely N-dealkylation sites (tertiary alicyclic amines) is 1. The first kappa shape index (κ1) is 12.7. The predicted octanol–water partition coefficient (Wildman–Crippen LogP) is 2.32. The zero-order chi connectivity index (χ0) is 14.1. The summed E-state index contributed by atoms with van der Waals surface area (Å²) < 4.78 is 5.11. The highest BCUT2D eigenvalue weighted by Gasteiger charge is 2.35. The third kappa shape index (κ3) is 2.49. The molecule has 1 fully saturated rings. The van der Waals surface area contributed by atoms with Gasteiger partial charge in [0.2, 0.25) is 5.89 Å². The molecular weight excluding hydrogens is 256 g/mol. The van der Waals surface area contributed by atoms with Crippen LogP contribution in [0.4, 0.5) is 10.5 Å². The molecule has 1 N–H and O–H groups in total. The highest BCUT2D eigenvalue weighted by atomic mass is 16.5. The van der Waals surface area contributed by atoms with Crippen LogP contribution in [0.25, 0.3) is 0 Å². The second-order valence-electron chi connectivity index (χ2n) is 5.08. The first-order valence-electron chi connectivity index (χ1n) is 6.54. The van der Waals surface area contributed by atoms with Crippen LogP contribution in [0.2, 0.25) is 0 Å². The summed E-state index contributed by atoms with van der Waals surface area (Å²) in [6.45, 7) is 5.02. The minimum Gasteiger partial charge on any atom is -0.339 e. The lowest BCUT2D eigenvalue weighted by atomic mass is 10.0. The quantitative estimate of drug-likeness (QED) is 0.910. The van der Waals surface area contributed by atoms with Crippen molar-refractivity contribution in [2.45, 2.75) is 19.8 Å². The molecular formula is C14H16N4O2. The summed E-state index contributed by atoms with van der Waals surface area (Å²) in [5, 5.41) is 6.63. The van der Waals surface area contributed by atoms with E-state index in [1.807, 2.05) is 31.2 Å². The van der Waals surface area contributed by atoms with Crippen LogP contribution in [0.15, 0.2) is 28.8 Å². The summed E-state index contributed by atoms with van der Waals surface area (Å²) >= 11 is 0. The highest BCUT2D eigenvalue weighted by molar-refractivity contribution is 5.89. The maximum atomic E-state index is 12.0. The van der Waals surface area contributed by atoms with Gasteiger partial charge < -0.3 is 14.7 Å². The number of carbonyl (C=O) groups is 1. The molecule has 6 nitrogen and oxygen atoms in total. The number of anilines is 1. The number of hydrogen-bond acceptors (Lipinski definition) is 4. The number of urea groups is 1. The maximum Gasteiger partial charge on any atom is 0.321 e. The first-order chi connectivity index (χ1) is 9.61. The minimum absolute atomic E-state index is 0.0960. The molecule has 0 spiro atoms. The Morgan fingerprint density at radius 2 is 2.00 bits per heavy atom. The molecule has 2 aromatic rings. The molecule has 0 radical (unpaired) electrons. The Kier molecular flexibility index (Phi) is 3.14. The van der Waals surface area contributed by atoms with Crippen LogP contribution in [0.5, 0.6) is 0 Å². The third-order valence-electron chi connectivity index (χ3n) is 3.36. The Morgan fingerprint density at radius 3 is 2.60 bits per heavy atom. The lowest BCUT2D eigenvalue weighted by molar-refractivity contribution is 0.147. The number of benzene rings is 1. The number of hydrogen-bond donors (Lipinski definition) is 1. The van der Waals surface area contributed by atoms with E-state index in [2.05, 4.69) is 15.5 Å². The Morgan fingerprint density at radius 1 is 1.30 bits per heavy atom. The van der Waals surface area contributed by atoms with Gasteiger partial charge in [0.1, 0.15) is 0 Å². The van der Waals surface area contributed by atoms with Crippen LogP contribution in [-0.4, -0.2) is 34.2 Å². The van der Waals surface area contributed by atoms with E-state index in [0.717, 1.165) is 5.69 Å². The van der Waals surface area contributed by atoms with Gasteiger partial charge in [0.05, 0.1) is 5.92 Å². The van der Waals surface area contributed by atoms with Crippen LogP contribution < -0.4 is 5.32 Å². The van der Waals surface area contributed by atoms with Crippen molar-refractivity contribution in [2.75, 3.05) is 18.4 Å². The SMILES string of the molecule is Cc1ccc(NC(=O)N2CC(c3nc(C)no3)C2)cc1. The average molecular weight is 272 g/mol. The van der Waals surface area contributed by atoms with Gasteiger partial charge in [-0.2, -0.15) is 4.98 Å². The summed E-state index contributed by atoms with van der Waals surface area (Å²) in [6, 6.07) is 7.63. The monoisotopic (exact) mass is 272 g/mol. The molecule has 1 aromatic carbocycles. The molecule has 20 heavy (non-hydrogen) atoms. The number of nitrogens with one attached hydrogen (secondary N) is 1. The zero-order valence-electron chi connectivity index (χ0n) is 11.5. The van der Waals surface area contributed by atoms with E-state index in [1.165, 1.54) is 5.56 Å². The fraction of sp³-hybridized carbons (Fsp3) is 0.357. The lowest BCUT2D eigenvalue weighted by Gasteiger charge is -2.36. The fourth-order valence-corrected chi connectivity index (χ4v) is 2.12. The Balaban J connectivity index is 1.54. The summed E-state index contributed by atoms with van der Waals surface area (Å²) in [7, 11) is 0. The number of rotatable bonds is 2. The Labute approximate surface area is 116 Å². The second kappa shape index (κ2) is 4.96. The number of nitrogens with zero attached hydrogens (tertiary/aromatic N) is 3. The molecule has 0 unspecified atom stereocenters. The number of carbonyl (C=O) groups excluding carboxylic acids is 1. The minimum atomic E-state index is -0.0960. The topological polar surface area (TPSA) is 71.3 Å². The van der Waals surface area contributed by atoms with Crippen molar-refractivity contribution in [1.29, 1.82) is 0 Å². The van der Waals surface area contributed by atoms with Crippen LogP contribution in [-0.2, 0) is 0 Å². The summed E-state index contributed by atoms with van der Waals surface area (Å²) in [6.07, 6.45) is 0. The van der Waals surface area contributed by atoms with E-state index in [0.29, 0.717) is 24.8 Å². The lowest BCUT2D eigenvalue weighted by Crippen LogP contribution is -2.50. The molecule has 104 valence electrons. The van der Waals surface area contributed by atoms with Gasteiger partial charge in [-0.15, -0.1) is 0 Å². The van der Waals surface area contributed by atoms with E-state index in [-0.39, 0.29) is 11.9 Å². The van der Waals surface area contributed by atoms with Gasteiger partial charge in [0.15, 0.2) is 5.82 Å². The molecule has 2 heterocycles. The summed E-state index contributed by atoms with van der Waals surface area (Å²) in [5.41, 5.74) is 1.97. The van der Waals surface area contributed by atoms with Gasteiger partial charge in [0.25, 0.3) is 0 Å². The summed E-state index contributed by atoms with van der Waals surface area (Å²) in [5.74, 6) is 1.39. The van der Waals surface area contributed by atoms with E-state index in [9.17, 15) is 4.79 Å². The number of amides is 2. The van der Waals surface area contributed by atoms with Crippen LogP contribution >= 0.6 is 0 Å². The van der Waals surface area contributed by atoms with E-state index >= 15 is 0 Å². The van der Waals surface area contributed by atoms with Crippen molar-refractivity contribution < 1.29 is 9.32 Å². The molecule has 3 rings (SSSR count). The molecule has 0 saturated carbocycles. The van der Waals surface area contributed by atoms with E-state index in [1.54, 1.807) is 11.8 Å². The molecule has 1 saturated heterocycles. The van der Waals surface area contributed by atoms with Crippen LogP contribution in [0, 0.1) is 13.8 Å². The second-order valence-corrected chi connectivity index (χ2v) is 5.08. The van der Waals surface area contributed by atoms with Crippen molar-refractivity contribution >= 4 is 11.7 Å². The van der Waals surface area contributed by atoms with Gasteiger partial charge in [-0.3, -0.25) is 0 Å². The molecule has 6 heteroatoms. The largest absolute Gasteiger partial charge is 0.339 e. The van der Waals surface area contributed by atoms with E-state index < -0.39 is 0 Å². The first-order valence-corrected chi connectivity index (χ1v) is 6.54. The zero-order valence-corrected chi connectivity index (χ0v) is 11.5. The number of aryl methyl sites for hydroxylation is 2. The molecule has 1 aromatic heterocycles. The van der Waals surface area contributed by atoms with Gasteiger partial charge in [0, 0.05) is 18.8 Å². The van der Waals surface area contributed by atoms with Crippen LogP contribution in [0.1, 0.15) is 23.2 Å². The molecule has 2 amide bonds. The highest BCUT2D eigenvalue weighted by Crippen LogP contribution is 2.26. The smallest absolute Gasteiger partial charge is 0.321 e. The van der Waals surface area contributed by atoms with Gasteiger partial charge in [-0.05, 0) is 26.0 Å². The van der Waals surface area contributed by atoms with Gasteiger partial charge >= 0.3 is 6.03 Å². The predicted molar refractivity (Wildman–Crippen MR) is 73.5 cm³/mol. The molecule has 0 atom stereocenters. The maximum absolute atomic E-state index is 12.0. The third-order valence-corrected chi connectivity index (χ3v) is 3.36.